The Balaban J connectivity index is 3.70. The van der Waals surface area contributed by atoms with Crippen molar-refractivity contribution in [3.63, 3.8) is 0 Å². The van der Waals surface area contributed by atoms with Crippen molar-refractivity contribution in [3.8, 4) is 0 Å². The van der Waals surface area contributed by atoms with Crippen LogP contribution in [0, 0.1) is 0 Å². The molecule has 2 N–H and O–H groups in total. The van der Waals surface area contributed by atoms with Gasteiger partial charge in [0.15, 0.2) is 0 Å². The second kappa shape index (κ2) is 2.58. The van der Waals surface area contributed by atoms with Crippen LogP contribution in [-0.4, -0.2) is 22.8 Å². The fourth-order valence-electron chi connectivity index (χ4n) is 0.179. The molecular weight excluding hydrogens is 179 g/mol. The van der Waals surface area contributed by atoms with Crippen LogP contribution in [0.3, 0.4) is 0 Å². The van der Waals surface area contributed by atoms with Gasteiger partial charge in [0.2, 0.25) is 0 Å². The molecule has 0 amide bonds. The third-order valence-electron chi connectivity index (χ3n) is 0.414. The van der Waals surface area contributed by atoms with Crippen molar-refractivity contribution < 1.29 is 31.5 Å². The van der Waals surface area contributed by atoms with E-state index in [1.807, 2.05) is 0 Å². The minimum atomic E-state index is -7.15. The van der Waals surface area contributed by atoms with E-state index in [1.54, 1.807) is 0 Å². The number of hydrogen-bond acceptors (Lipinski definition) is 3. The monoisotopic (exact) mass is 184 g/mol. The topological polar surface area (TPSA) is 49.7 Å². The van der Waals surface area contributed by atoms with Crippen molar-refractivity contribution in [1.82, 2.24) is 0 Å². The molecule has 0 atom stereocenters. The SMILES string of the molecule is OP(O)(F)(F)OCC(F)F. The van der Waals surface area contributed by atoms with Gasteiger partial charge < -0.3 is 0 Å². The summed E-state index contributed by atoms with van der Waals surface area (Å²) in [6.07, 6.45) is -3.15. The summed E-state index contributed by atoms with van der Waals surface area (Å²) in [6.45, 7) is -1.68. The Bertz CT molecular complexity index is 110. The molecule has 8 heteroatoms. The van der Waals surface area contributed by atoms with E-state index in [-0.39, 0.29) is 0 Å². The third kappa shape index (κ3) is 8.03. The Morgan fingerprint density at radius 1 is 1.30 bits per heavy atom. The van der Waals surface area contributed by atoms with Crippen molar-refractivity contribution in [2.75, 3.05) is 6.61 Å². The van der Waals surface area contributed by atoms with Gasteiger partial charge in [-0.25, -0.2) is 0 Å². The van der Waals surface area contributed by atoms with Crippen LogP contribution in [0.15, 0.2) is 0 Å². The molecule has 3 nitrogen and oxygen atoms in total. The minimum absolute atomic E-state index is 1.68. The Hall–Kier alpha value is 0.0300. The molecule has 0 aromatic heterocycles. The molecule has 0 aromatic rings. The molecule has 0 saturated carbocycles. The summed E-state index contributed by atoms with van der Waals surface area (Å²) in [5.41, 5.74) is 0. The van der Waals surface area contributed by atoms with Gasteiger partial charge in [-0.1, -0.05) is 0 Å². The van der Waals surface area contributed by atoms with Crippen LogP contribution in [0.1, 0.15) is 0 Å². The molecule has 0 unspecified atom stereocenters. The van der Waals surface area contributed by atoms with E-state index < -0.39 is 20.9 Å². The van der Waals surface area contributed by atoms with E-state index in [9.17, 15) is 17.2 Å². The van der Waals surface area contributed by atoms with Crippen LogP contribution in [0.4, 0.5) is 17.2 Å². The van der Waals surface area contributed by atoms with E-state index in [1.165, 1.54) is 0 Å². The predicted octanol–water partition coefficient (Wildman–Crippen LogP) is 1.32. The summed E-state index contributed by atoms with van der Waals surface area (Å²) in [7, 11) is -7.15. The maximum atomic E-state index is 11.5. The van der Waals surface area contributed by atoms with Crippen molar-refractivity contribution in [2.24, 2.45) is 0 Å². The van der Waals surface area contributed by atoms with Gasteiger partial charge in [0.1, 0.15) is 0 Å². The van der Waals surface area contributed by atoms with Gasteiger partial charge in [0.25, 0.3) is 0 Å². The van der Waals surface area contributed by atoms with Gasteiger partial charge in [-0.3, -0.25) is 0 Å². The Morgan fingerprint density at radius 2 is 1.70 bits per heavy atom. The van der Waals surface area contributed by atoms with Crippen molar-refractivity contribution >= 4 is 7.91 Å². The molecule has 0 spiro atoms. The quantitative estimate of drug-likeness (QED) is 0.513. The van der Waals surface area contributed by atoms with Crippen LogP contribution in [0.25, 0.3) is 0 Å². The zero-order valence-corrected chi connectivity index (χ0v) is 5.44. The maximum absolute atomic E-state index is 11.5. The van der Waals surface area contributed by atoms with Gasteiger partial charge >= 0.3 is 52.4 Å². The van der Waals surface area contributed by atoms with Gasteiger partial charge in [0.05, 0.1) is 0 Å². The molecule has 0 heterocycles. The first kappa shape index (κ1) is 10.0. The van der Waals surface area contributed by atoms with Crippen LogP contribution < -0.4 is 0 Å². The molecule has 0 aliphatic rings. The molecule has 0 rings (SSSR count). The Kier molecular flexibility index (Phi) is 2.59. The summed E-state index contributed by atoms with van der Waals surface area (Å²) >= 11 is 0. The molecule has 0 bridgehead atoms. The van der Waals surface area contributed by atoms with Crippen LogP contribution in [0.5, 0.6) is 0 Å². The van der Waals surface area contributed by atoms with E-state index in [4.69, 9.17) is 9.79 Å². The molecule has 0 radical (unpaired) electrons. The molecule has 0 aromatic carbocycles. The first-order valence-electron chi connectivity index (χ1n) is 2.05. The predicted molar refractivity (Wildman–Crippen MR) is 25.5 cm³/mol. The van der Waals surface area contributed by atoms with E-state index in [2.05, 4.69) is 4.52 Å². The van der Waals surface area contributed by atoms with Crippen LogP contribution in [0.2, 0.25) is 0 Å². The zero-order valence-electron chi connectivity index (χ0n) is 4.55. The van der Waals surface area contributed by atoms with Crippen molar-refractivity contribution in [3.05, 3.63) is 0 Å². The first-order valence-corrected chi connectivity index (χ1v) is 3.90. The molecule has 0 fully saturated rings. The average molecular weight is 184 g/mol. The van der Waals surface area contributed by atoms with E-state index >= 15 is 0 Å². The molecular formula is C2H5F4O3P. The van der Waals surface area contributed by atoms with E-state index in [0.717, 1.165) is 0 Å². The van der Waals surface area contributed by atoms with Gasteiger partial charge in [0, 0.05) is 0 Å². The third-order valence-corrected chi connectivity index (χ3v) is 0.989. The van der Waals surface area contributed by atoms with Crippen molar-refractivity contribution in [2.45, 2.75) is 6.43 Å². The average Bonchev–Trinajstić information content (AvgIpc) is 1.57. The summed E-state index contributed by atoms with van der Waals surface area (Å²) in [6, 6.07) is 0. The molecule has 0 saturated heterocycles. The summed E-state index contributed by atoms with van der Waals surface area (Å²) in [4.78, 5) is 15.1. The van der Waals surface area contributed by atoms with Crippen LogP contribution >= 0.6 is 7.91 Å². The Morgan fingerprint density at radius 3 is 1.80 bits per heavy atom. The number of alkyl halides is 2. The standard InChI is InChI=1S/C2H5F4O3P/c3-2(4)1-9-10(5,6,7)8/h2,7-8H,1H2. The van der Waals surface area contributed by atoms with Gasteiger partial charge in [-0.15, -0.1) is 0 Å². The van der Waals surface area contributed by atoms with Gasteiger partial charge in [-0.05, 0) is 0 Å². The first-order chi connectivity index (χ1) is 4.17. The fraction of sp³-hybridized carbons (Fsp3) is 1.00. The van der Waals surface area contributed by atoms with Gasteiger partial charge in [-0.2, -0.15) is 0 Å². The van der Waals surface area contributed by atoms with E-state index in [0.29, 0.717) is 0 Å². The number of halogens is 4. The fourth-order valence-corrected chi connectivity index (χ4v) is 0.538. The zero-order chi connectivity index (χ0) is 8.44. The Labute approximate surface area is 53.6 Å². The summed E-state index contributed by atoms with van der Waals surface area (Å²) in [5, 5.41) is 0. The number of hydrogen-bond donors (Lipinski definition) is 2. The molecule has 64 valence electrons. The number of rotatable bonds is 3. The second-order valence-electron chi connectivity index (χ2n) is 1.44. The summed E-state index contributed by atoms with van der Waals surface area (Å²) < 4.78 is 47.9. The summed E-state index contributed by atoms with van der Waals surface area (Å²) in [5.74, 6) is 0. The normalized spacial score (nSPS) is 16.9. The van der Waals surface area contributed by atoms with Crippen LogP contribution in [-0.2, 0) is 4.52 Å². The molecule has 0 aliphatic heterocycles. The second-order valence-corrected chi connectivity index (χ2v) is 3.22. The van der Waals surface area contributed by atoms with Crippen molar-refractivity contribution in [1.29, 1.82) is 0 Å². The molecule has 0 aliphatic carbocycles. The molecule has 10 heavy (non-hydrogen) atoms.